The molecule has 1 saturated heterocycles. The Morgan fingerprint density at radius 2 is 1.94 bits per heavy atom. The lowest BCUT2D eigenvalue weighted by Crippen LogP contribution is -2.25. The molecule has 0 saturated carbocycles. The fourth-order valence-corrected chi connectivity index (χ4v) is 5.40. The molecule has 2 aromatic heterocycles. The highest BCUT2D eigenvalue weighted by molar-refractivity contribution is 7.89. The molecule has 1 aromatic carbocycles. The van der Waals surface area contributed by atoms with E-state index in [1.807, 2.05) is 0 Å². The molecule has 0 N–H and O–H groups in total. The molecule has 1 aliphatic heterocycles. The van der Waals surface area contributed by atoms with E-state index >= 15 is 0 Å². The van der Waals surface area contributed by atoms with Crippen LogP contribution < -0.4 is 4.90 Å². The zero-order valence-electron chi connectivity index (χ0n) is 20.7. The molecule has 3 aromatic rings. The summed E-state index contributed by atoms with van der Waals surface area (Å²) in [5, 5.41) is 8.52. The highest BCUT2D eigenvalue weighted by Crippen LogP contribution is 2.39. The van der Waals surface area contributed by atoms with Gasteiger partial charge in [-0.1, -0.05) is 19.6 Å². The lowest BCUT2D eigenvalue weighted by atomic mass is 10.0. The van der Waals surface area contributed by atoms with Crippen LogP contribution in [0.3, 0.4) is 0 Å². The Morgan fingerprint density at radius 3 is 2.61 bits per heavy atom. The molecule has 196 valence electrons. The summed E-state index contributed by atoms with van der Waals surface area (Å²) in [5.74, 6) is -0.882. The topological polar surface area (TPSA) is 82.2 Å². The van der Waals surface area contributed by atoms with Crippen molar-refractivity contribution in [2.75, 3.05) is 24.3 Å². The molecule has 0 unspecified atom stereocenters. The number of halogens is 3. The summed E-state index contributed by atoms with van der Waals surface area (Å²) >= 11 is 0. The van der Waals surface area contributed by atoms with Gasteiger partial charge >= 0.3 is 0 Å². The van der Waals surface area contributed by atoms with Gasteiger partial charge < -0.3 is 9.64 Å². The van der Waals surface area contributed by atoms with Gasteiger partial charge in [-0.15, -0.1) is 0 Å². The summed E-state index contributed by atoms with van der Waals surface area (Å²) in [5.41, 5.74) is 1.04. The molecule has 0 radical (unpaired) electrons. The number of aromatic nitrogens is 4. The Kier molecular flexibility index (Phi) is 7.35. The smallest absolute Gasteiger partial charge is 0.250 e. The first kappa shape index (κ1) is 26.4. The Morgan fingerprint density at radius 1 is 1.19 bits per heavy atom. The maximum absolute atomic E-state index is 14.6. The zero-order chi connectivity index (χ0) is 26.3. The molecular formula is C23H30F3N5O3SSi. The lowest BCUT2D eigenvalue weighted by molar-refractivity contribution is 0.0799. The van der Waals surface area contributed by atoms with E-state index in [4.69, 9.17) is 4.74 Å². The summed E-state index contributed by atoms with van der Waals surface area (Å²) in [6.45, 7) is 7.27. The van der Waals surface area contributed by atoms with Crippen LogP contribution in [0.2, 0.25) is 25.7 Å². The van der Waals surface area contributed by atoms with Crippen LogP contribution >= 0.6 is 0 Å². The molecule has 2 atom stereocenters. The summed E-state index contributed by atoms with van der Waals surface area (Å²) < 4.78 is 75.1. The third-order valence-corrected chi connectivity index (χ3v) is 8.62. The highest BCUT2D eigenvalue weighted by atomic mass is 32.2. The maximum atomic E-state index is 14.6. The van der Waals surface area contributed by atoms with Crippen molar-refractivity contribution in [2.24, 2.45) is 0 Å². The zero-order valence-corrected chi connectivity index (χ0v) is 22.5. The SMILES string of the molecule is C[Si](C)(C)CCOCn1nc(N2C[C@@H](F)C[C@@H]2c2cc(F)ccc2F)cc1-c1cnn(S(C)(=O)=O)c1. The quantitative estimate of drug-likeness (QED) is 0.294. The number of anilines is 1. The molecule has 4 rings (SSSR count). The minimum absolute atomic E-state index is 0.0126. The van der Waals surface area contributed by atoms with E-state index in [0.717, 1.165) is 34.6 Å². The minimum atomic E-state index is -3.60. The van der Waals surface area contributed by atoms with Gasteiger partial charge in [-0.3, -0.25) is 0 Å². The van der Waals surface area contributed by atoms with E-state index in [2.05, 4.69) is 29.8 Å². The normalized spacial score (nSPS) is 18.8. The average Bonchev–Trinajstić information content (AvgIpc) is 3.49. The van der Waals surface area contributed by atoms with Gasteiger partial charge in [0.1, 0.15) is 24.5 Å². The molecule has 1 aliphatic rings. The van der Waals surface area contributed by atoms with Crippen molar-refractivity contribution in [1.82, 2.24) is 19.0 Å². The highest BCUT2D eigenvalue weighted by Gasteiger charge is 2.37. The number of hydrogen-bond acceptors (Lipinski definition) is 6. The van der Waals surface area contributed by atoms with Crippen molar-refractivity contribution in [2.45, 2.75) is 51.1 Å². The van der Waals surface area contributed by atoms with Gasteiger partial charge in [0.2, 0.25) is 0 Å². The first-order valence-corrected chi connectivity index (χ1v) is 17.1. The number of alkyl halides is 1. The van der Waals surface area contributed by atoms with Gasteiger partial charge in [0.05, 0.1) is 36.9 Å². The summed E-state index contributed by atoms with van der Waals surface area (Å²) in [4.78, 5) is 1.60. The lowest BCUT2D eigenvalue weighted by Gasteiger charge is -2.24. The fraction of sp³-hybridized carbons (Fsp3) is 0.478. The predicted molar refractivity (Wildman–Crippen MR) is 134 cm³/mol. The van der Waals surface area contributed by atoms with Gasteiger partial charge in [0.25, 0.3) is 10.0 Å². The Bertz CT molecular complexity index is 1340. The summed E-state index contributed by atoms with van der Waals surface area (Å²) in [6, 6.07) is 4.99. The molecule has 0 amide bonds. The monoisotopic (exact) mass is 541 g/mol. The summed E-state index contributed by atoms with van der Waals surface area (Å²) in [6.07, 6.45) is 2.52. The molecule has 13 heteroatoms. The van der Waals surface area contributed by atoms with Crippen molar-refractivity contribution in [1.29, 1.82) is 0 Å². The van der Waals surface area contributed by atoms with Crippen LogP contribution in [0.1, 0.15) is 18.0 Å². The van der Waals surface area contributed by atoms with E-state index in [1.165, 1.54) is 12.4 Å². The fourth-order valence-electron chi connectivity index (χ4n) is 4.12. The van der Waals surface area contributed by atoms with Crippen molar-refractivity contribution in [3.8, 4) is 11.3 Å². The number of nitrogens with zero attached hydrogens (tertiary/aromatic N) is 5. The summed E-state index contributed by atoms with van der Waals surface area (Å²) in [7, 11) is -4.92. The van der Waals surface area contributed by atoms with Gasteiger partial charge in [0, 0.05) is 38.3 Å². The van der Waals surface area contributed by atoms with Gasteiger partial charge in [-0.05, 0) is 24.2 Å². The van der Waals surface area contributed by atoms with Crippen LogP contribution in [-0.4, -0.2) is 61.0 Å². The standard InChI is InChI=1S/C23H30F3N5O3SSi/c1-35(32,33)31-13-16(12-27-31)21-11-23(28-30(21)15-34-7-8-36(2,3)4)29-14-18(25)10-22(29)19-9-17(24)5-6-20(19)26/h5-6,9,11-13,18,22H,7-8,10,14-15H2,1-4H3/t18-,22+/m0/s1. The average molecular weight is 542 g/mol. The molecule has 0 spiro atoms. The third kappa shape index (κ3) is 6.01. The number of benzene rings is 1. The second kappa shape index (κ2) is 10.0. The Hall–Kier alpha value is -2.64. The van der Waals surface area contributed by atoms with E-state index in [1.54, 1.807) is 15.6 Å². The molecule has 36 heavy (non-hydrogen) atoms. The predicted octanol–water partition coefficient (Wildman–Crippen LogP) is 4.43. The van der Waals surface area contributed by atoms with Gasteiger partial charge in [-0.2, -0.15) is 14.3 Å². The molecule has 0 bridgehead atoms. The molecular weight excluding hydrogens is 511 g/mol. The first-order chi connectivity index (χ1) is 16.8. The first-order valence-electron chi connectivity index (χ1n) is 11.6. The number of hydrogen-bond donors (Lipinski definition) is 0. The maximum Gasteiger partial charge on any atom is 0.250 e. The molecule has 8 nitrogen and oxygen atoms in total. The van der Waals surface area contributed by atoms with E-state index in [9.17, 15) is 21.6 Å². The Labute approximate surface area is 209 Å². The van der Waals surface area contributed by atoms with Crippen molar-refractivity contribution in [3.05, 3.63) is 53.9 Å². The van der Waals surface area contributed by atoms with Crippen molar-refractivity contribution in [3.63, 3.8) is 0 Å². The number of ether oxygens (including phenoxy) is 1. The molecule has 3 heterocycles. The second-order valence-corrected chi connectivity index (χ2v) is 17.7. The van der Waals surface area contributed by atoms with E-state index < -0.39 is 41.9 Å². The third-order valence-electron chi connectivity index (χ3n) is 6.03. The van der Waals surface area contributed by atoms with E-state index in [-0.39, 0.29) is 25.3 Å². The van der Waals surface area contributed by atoms with Crippen LogP contribution in [0.15, 0.2) is 36.7 Å². The van der Waals surface area contributed by atoms with Crippen molar-refractivity contribution >= 4 is 23.9 Å². The largest absolute Gasteiger partial charge is 0.360 e. The van der Waals surface area contributed by atoms with Gasteiger partial charge in [0.15, 0.2) is 5.82 Å². The second-order valence-electron chi connectivity index (χ2n) is 10.3. The molecule has 0 aliphatic carbocycles. The minimum Gasteiger partial charge on any atom is -0.360 e. The van der Waals surface area contributed by atoms with Crippen LogP contribution in [0, 0.1) is 11.6 Å². The Balaban J connectivity index is 1.69. The van der Waals surface area contributed by atoms with Crippen LogP contribution in [0.4, 0.5) is 19.0 Å². The van der Waals surface area contributed by atoms with Crippen LogP contribution in [0.25, 0.3) is 11.3 Å². The molecule has 1 fully saturated rings. The number of rotatable bonds is 9. The van der Waals surface area contributed by atoms with Crippen LogP contribution in [0.5, 0.6) is 0 Å². The van der Waals surface area contributed by atoms with Gasteiger partial charge in [-0.25, -0.2) is 26.3 Å². The van der Waals surface area contributed by atoms with Crippen molar-refractivity contribution < 1.29 is 26.3 Å². The van der Waals surface area contributed by atoms with E-state index in [0.29, 0.717) is 23.7 Å². The van der Waals surface area contributed by atoms with Crippen LogP contribution in [-0.2, 0) is 21.5 Å².